The molecule has 2 heteroatoms. The van der Waals surface area contributed by atoms with Crippen molar-refractivity contribution in [3.8, 4) is 0 Å². The predicted octanol–water partition coefficient (Wildman–Crippen LogP) is 3.57. The Morgan fingerprint density at radius 3 is 2.62 bits per heavy atom. The molecule has 2 saturated carbocycles. The van der Waals surface area contributed by atoms with E-state index < -0.39 is 8.07 Å². The molecular formula is C14H22OSi. The van der Waals surface area contributed by atoms with E-state index in [9.17, 15) is 4.79 Å². The van der Waals surface area contributed by atoms with Crippen LogP contribution in [0.1, 0.15) is 32.1 Å². The summed E-state index contributed by atoms with van der Waals surface area (Å²) < 4.78 is 0. The molecule has 0 aromatic heterocycles. The normalized spacial score (nSPS) is 38.2. The summed E-state index contributed by atoms with van der Waals surface area (Å²) >= 11 is 0. The molecule has 0 radical (unpaired) electrons. The number of hydrogen-bond donors (Lipinski definition) is 0. The fourth-order valence-corrected chi connectivity index (χ4v) is 6.64. The highest BCUT2D eigenvalue weighted by Gasteiger charge is 2.49. The van der Waals surface area contributed by atoms with Crippen molar-refractivity contribution >= 4 is 13.9 Å². The molecule has 16 heavy (non-hydrogen) atoms. The molecule has 1 nitrogen and oxygen atoms in total. The van der Waals surface area contributed by atoms with Crippen molar-refractivity contribution in [3.05, 3.63) is 10.8 Å². The average molecular weight is 234 g/mol. The van der Waals surface area contributed by atoms with Gasteiger partial charge in [0, 0.05) is 6.42 Å². The van der Waals surface area contributed by atoms with Gasteiger partial charge in [0.25, 0.3) is 0 Å². The molecule has 0 N–H and O–H groups in total. The first kappa shape index (κ1) is 10.8. The molecule has 3 rings (SSSR count). The van der Waals surface area contributed by atoms with Crippen LogP contribution in [0.4, 0.5) is 0 Å². The molecule has 0 amide bonds. The van der Waals surface area contributed by atoms with E-state index >= 15 is 0 Å². The van der Waals surface area contributed by atoms with E-state index in [1.165, 1.54) is 30.9 Å². The van der Waals surface area contributed by atoms with Gasteiger partial charge in [0.2, 0.25) is 0 Å². The summed E-state index contributed by atoms with van der Waals surface area (Å²) in [4.78, 5) is 12.2. The van der Waals surface area contributed by atoms with Crippen LogP contribution in [0.2, 0.25) is 19.6 Å². The summed E-state index contributed by atoms with van der Waals surface area (Å²) in [6.45, 7) is 7.04. The fraction of sp³-hybridized carbons (Fsp3) is 0.786. The zero-order valence-electron chi connectivity index (χ0n) is 10.7. The van der Waals surface area contributed by atoms with Gasteiger partial charge in [-0.05, 0) is 42.2 Å². The second-order valence-electron chi connectivity index (χ2n) is 6.94. The van der Waals surface area contributed by atoms with Gasteiger partial charge < -0.3 is 0 Å². The smallest absolute Gasteiger partial charge is 0.155 e. The van der Waals surface area contributed by atoms with Gasteiger partial charge in [0.05, 0.1) is 8.07 Å². The Morgan fingerprint density at radius 2 is 1.94 bits per heavy atom. The van der Waals surface area contributed by atoms with Gasteiger partial charge in [-0.15, -0.1) is 0 Å². The zero-order valence-corrected chi connectivity index (χ0v) is 11.7. The molecule has 3 aliphatic rings. The lowest BCUT2D eigenvalue weighted by atomic mass is 9.97. The van der Waals surface area contributed by atoms with Crippen LogP contribution >= 0.6 is 0 Å². The number of Topliss-reactive ketones (excluding diaryl/α,β-unsaturated/α-hetero) is 1. The number of carbonyl (C=O) groups excluding carboxylic acids is 1. The third kappa shape index (κ3) is 1.38. The highest BCUT2D eigenvalue weighted by atomic mass is 28.3. The monoisotopic (exact) mass is 234 g/mol. The Labute approximate surface area is 99.3 Å². The maximum absolute atomic E-state index is 12.2. The molecule has 2 fully saturated rings. The van der Waals surface area contributed by atoms with Crippen LogP contribution < -0.4 is 0 Å². The quantitative estimate of drug-likeness (QED) is 0.634. The van der Waals surface area contributed by atoms with Crippen LogP contribution in [-0.4, -0.2) is 13.9 Å². The second kappa shape index (κ2) is 3.31. The third-order valence-corrected chi connectivity index (χ3v) is 6.90. The number of carbonyl (C=O) groups is 1. The molecule has 0 aromatic rings. The standard InChI is InChI=1S/C14H22OSi/c1-16(2,3)14-12(15)8-10-7-9-5-4-6-11(9)13(10)14/h9-11H,4-8H2,1-3H3/t9-,10+,11-/m0/s1. The minimum Gasteiger partial charge on any atom is -0.295 e. The molecule has 88 valence electrons. The number of fused-ring (bicyclic) bond motifs is 3. The van der Waals surface area contributed by atoms with Gasteiger partial charge >= 0.3 is 0 Å². The van der Waals surface area contributed by atoms with Crippen LogP contribution in [0.25, 0.3) is 0 Å². The van der Waals surface area contributed by atoms with Crippen molar-refractivity contribution in [2.45, 2.75) is 51.7 Å². The van der Waals surface area contributed by atoms with E-state index in [2.05, 4.69) is 19.6 Å². The van der Waals surface area contributed by atoms with Gasteiger partial charge in [0.1, 0.15) is 0 Å². The molecule has 0 unspecified atom stereocenters. The molecule has 0 aliphatic heterocycles. The summed E-state index contributed by atoms with van der Waals surface area (Å²) in [5.41, 5.74) is 1.66. The van der Waals surface area contributed by atoms with E-state index in [1.807, 2.05) is 0 Å². The van der Waals surface area contributed by atoms with E-state index in [1.54, 1.807) is 5.57 Å². The van der Waals surface area contributed by atoms with Crippen molar-refractivity contribution < 1.29 is 4.79 Å². The Hall–Kier alpha value is -0.373. The van der Waals surface area contributed by atoms with Crippen molar-refractivity contribution in [2.75, 3.05) is 0 Å². The molecule has 3 atom stereocenters. The van der Waals surface area contributed by atoms with Gasteiger partial charge in [0.15, 0.2) is 5.78 Å². The van der Waals surface area contributed by atoms with Gasteiger partial charge in [-0.3, -0.25) is 4.79 Å². The second-order valence-corrected chi connectivity index (χ2v) is 11.9. The number of ketones is 1. The highest BCUT2D eigenvalue weighted by molar-refractivity contribution is 6.87. The number of allylic oxidation sites excluding steroid dienone is 2. The topological polar surface area (TPSA) is 17.1 Å². The zero-order chi connectivity index (χ0) is 11.5. The molecule has 0 bridgehead atoms. The average Bonchev–Trinajstić information content (AvgIpc) is 2.72. The van der Waals surface area contributed by atoms with Gasteiger partial charge in [-0.25, -0.2) is 0 Å². The Morgan fingerprint density at radius 1 is 1.19 bits per heavy atom. The van der Waals surface area contributed by atoms with Crippen molar-refractivity contribution in [1.29, 1.82) is 0 Å². The summed E-state index contributed by atoms with van der Waals surface area (Å²) in [5.74, 6) is 2.95. The van der Waals surface area contributed by atoms with E-state index in [0.717, 1.165) is 18.3 Å². The summed E-state index contributed by atoms with van der Waals surface area (Å²) in [6, 6.07) is 0. The number of hydrogen-bond acceptors (Lipinski definition) is 1. The van der Waals surface area contributed by atoms with E-state index in [0.29, 0.717) is 11.7 Å². The molecule has 3 aliphatic carbocycles. The third-order valence-electron chi connectivity index (χ3n) is 4.83. The maximum atomic E-state index is 12.2. The van der Waals surface area contributed by atoms with Crippen molar-refractivity contribution in [3.63, 3.8) is 0 Å². The number of rotatable bonds is 1. The molecule has 0 aromatic carbocycles. The molecular weight excluding hydrogens is 212 g/mol. The molecule has 0 heterocycles. The van der Waals surface area contributed by atoms with Crippen LogP contribution in [0, 0.1) is 17.8 Å². The SMILES string of the molecule is C[Si](C)(C)C1=C2[C@@H](CC1=O)C[C@@H]1CCC[C@H]21. The summed E-state index contributed by atoms with van der Waals surface area (Å²) in [6.07, 6.45) is 6.40. The van der Waals surface area contributed by atoms with Crippen LogP contribution in [-0.2, 0) is 4.79 Å². The lowest BCUT2D eigenvalue weighted by Gasteiger charge is -2.22. The predicted molar refractivity (Wildman–Crippen MR) is 68.9 cm³/mol. The first-order chi connectivity index (χ1) is 7.48. The highest BCUT2D eigenvalue weighted by Crippen LogP contribution is 2.56. The van der Waals surface area contributed by atoms with Crippen LogP contribution in [0.3, 0.4) is 0 Å². The first-order valence-corrected chi connectivity index (χ1v) is 10.3. The minimum absolute atomic E-state index is 0.518. The Balaban J connectivity index is 2.08. The van der Waals surface area contributed by atoms with Gasteiger partial charge in [-0.2, -0.15) is 0 Å². The lowest BCUT2D eigenvalue weighted by molar-refractivity contribution is -0.114. The maximum Gasteiger partial charge on any atom is 0.155 e. The Bertz CT molecular complexity index is 375. The van der Waals surface area contributed by atoms with E-state index in [-0.39, 0.29) is 0 Å². The molecule has 0 spiro atoms. The summed E-state index contributed by atoms with van der Waals surface area (Å²) in [7, 11) is -1.40. The minimum atomic E-state index is -1.40. The lowest BCUT2D eigenvalue weighted by Crippen LogP contribution is -2.29. The Kier molecular flexibility index (Phi) is 2.23. The van der Waals surface area contributed by atoms with Gasteiger partial charge in [-0.1, -0.05) is 31.6 Å². The van der Waals surface area contributed by atoms with E-state index in [4.69, 9.17) is 0 Å². The van der Waals surface area contributed by atoms with Crippen molar-refractivity contribution in [2.24, 2.45) is 17.8 Å². The molecule has 0 saturated heterocycles. The largest absolute Gasteiger partial charge is 0.295 e. The first-order valence-electron chi connectivity index (χ1n) is 6.76. The summed E-state index contributed by atoms with van der Waals surface area (Å²) in [5, 5.41) is 1.35. The van der Waals surface area contributed by atoms with Crippen LogP contribution in [0.15, 0.2) is 10.8 Å². The fourth-order valence-electron chi connectivity index (χ4n) is 4.44. The van der Waals surface area contributed by atoms with Crippen molar-refractivity contribution in [1.82, 2.24) is 0 Å². The van der Waals surface area contributed by atoms with Crippen LogP contribution in [0.5, 0.6) is 0 Å².